The van der Waals surface area contributed by atoms with Gasteiger partial charge in [-0.15, -0.1) is 0 Å². The van der Waals surface area contributed by atoms with Gasteiger partial charge in [-0.25, -0.2) is 0 Å². The van der Waals surface area contributed by atoms with Gasteiger partial charge < -0.3 is 5.32 Å². The van der Waals surface area contributed by atoms with E-state index in [9.17, 15) is 0 Å². The second-order valence-electron chi connectivity index (χ2n) is 6.62. The van der Waals surface area contributed by atoms with Crippen LogP contribution in [0.2, 0.25) is 19.6 Å². The molecule has 0 aliphatic heterocycles. The third-order valence-electron chi connectivity index (χ3n) is 4.03. The minimum Gasteiger partial charge on any atom is -0.310 e. The highest BCUT2D eigenvalue weighted by molar-refractivity contribution is 6.84. The quantitative estimate of drug-likeness (QED) is 0.547. The molecule has 0 amide bonds. The number of hydrogen-bond donors (Lipinski definition) is 1. The molecule has 21 heavy (non-hydrogen) atoms. The molecular weight excluding hydrogens is 270 g/mol. The Balaban J connectivity index is 3.25. The Labute approximate surface area is 132 Å². The van der Waals surface area contributed by atoms with Crippen LogP contribution in [0.15, 0.2) is 47.2 Å². The summed E-state index contributed by atoms with van der Waals surface area (Å²) in [6, 6.07) is 8.93. The fourth-order valence-corrected chi connectivity index (χ4v) is 5.05. The normalized spacial score (nSPS) is 15.2. The van der Waals surface area contributed by atoms with E-state index in [-0.39, 0.29) is 6.04 Å². The first-order valence-corrected chi connectivity index (χ1v) is 11.5. The van der Waals surface area contributed by atoms with Gasteiger partial charge in [-0.1, -0.05) is 73.8 Å². The highest BCUT2D eigenvalue weighted by Crippen LogP contribution is 2.28. The third kappa shape index (κ3) is 4.68. The van der Waals surface area contributed by atoms with E-state index in [1.54, 1.807) is 5.20 Å². The number of benzene rings is 1. The van der Waals surface area contributed by atoms with E-state index in [0.717, 1.165) is 6.42 Å². The van der Waals surface area contributed by atoms with E-state index in [4.69, 9.17) is 0 Å². The van der Waals surface area contributed by atoms with Crippen LogP contribution in [0.25, 0.3) is 0 Å². The monoisotopic (exact) mass is 301 g/mol. The lowest BCUT2D eigenvalue weighted by Gasteiger charge is -2.25. The summed E-state index contributed by atoms with van der Waals surface area (Å²) >= 11 is 0. The summed E-state index contributed by atoms with van der Waals surface area (Å²) in [5, 5.41) is 5.05. The summed E-state index contributed by atoms with van der Waals surface area (Å²) < 4.78 is 0. The second kappa shape index (κ2) is 7.76. The summed E-state index contributed by atoms with van der Waals surface area (Å²) in [5.74, 6) is 0. The van der Waals surface area contributed by atoms with Gasteiger partial charge in [-0.3, -0.25) is 0 Å². The van der Waals surface area contributed by atoms with Gasteiger partial charge in [-0.05, 0) is 38.4 Å². The summed E-state index contributed by atoms with van der Waals surface area (Å²) in [7, 11) is 0.747. The Morgan fingerprint density at radius 3 is 2.29 bits per heavy atom. The zero-order chi connectivity index (χ0) is 16.0. The van der Waals surface area contributed by atoms with Gasteiger partial charge in [0.05, 0.1) is 14.1 Å². The van der Waals surface area contributed by atoms with E-state index >= 15 is 0 Å². The molecule has 1 aromatic carbocycles. The summed E-state index contributed by atoms with van der Waals surface area (Å²) in [5.41, 5.74) is 4.22. The van der Waals surface area contributed by atoms with Gasteiger partial charge in [-0.2, -0.15) is 0 Å². The first kappa shape index (κ1) is 17.9. The van der Waals surface area contributed by atoms with Crippen molar-refractivity contribution in [1.82, 2.24) is 5.32 Å². The van der Waals surface area contributed by atoms with Crippen molar-refractivity contribution in [1.29, 1.82) is 0 Å². The van der Waals surface area contributed by atoms with Gasteiger partial charge in [0, 0.05) is 0 Å². The van der Waals surface area contributed by atoms with Gasteiger partial charge in [0.2, 0.25) is 0 Å². The highest BCUT2D eigenvalue weighted by atomic mass is 28.3. The van der Waals surface area contributed by atoms with E-state index in [1.165, 1.54) is 16.7 Å². The Morgan fingerprint density at radius 2 is 1.86 bits per heavy atom. The van der Waals surface area contributed by atoms with E-state index < -0.39 is 8.07 Å². The maximum absolute atomic E-state index is 3.47. The molecule has 0 aromatic heterocycles. The van der Waals surface area contributed by atoms with E-state index in [1.807, 2.05) is 7.05 Å². The predicted molar refractivity (Wildman–Crippen MR) is 98.5 cm³/mol. The van der Waals surface area contributed by atoms with Crippen LogP contribution in [-0.4, -0.2) is 15.1 Å². The molecule has 1 aromatic rings. The zero-order valence-corrected chi connectivity index (χ0v) is 15.7. The minimum absolute atomic E-state index is 0.285. The molecule has 0 fully saturated rings. The average Bonchev–Trinajstić information content (AvgIpc) is 2.43. The minimum atomic E-state index is -1.30. The van der Waals surface area contributed by atoms with Crippen LogP contribution in [0.5, 0.6) is 0 Å². The SMILES string of the molecule is C/C=C(\C(=C/C(NC)c1ccccc1C)CC)[Si](C)(C)C. The van der Waals surface area contributed by atoms with Crippen LogP contribution in [0, 0.1) is 6.92 Å². The van der Waals surface area contributed by atoms with Gasteiger partial charge in [0.1, 0.15) is 0 Å². The van der Waals surface area contributed by atoms with Crippen LogP contribution < -0.4 is 5.32 Å². The Bertz CT molecular complexity index is 521. The predicted octanol–water partition coefficient (Wildman–Crippen LogP) is 5.42. The number of nitrogens with one attached hydrogen (secondary N) is 1. The summed E-state index contributed by atoms with van der Waals surface area (Å²) in [4.78, 5) is 0. The van der Waals surface area contributed by atoms with Crippen molar-refractivity contribution in [2.75, 3.05) is 7.05 Å². The fourth-order valence-electron chi connectivity index (χ4n) is 2.96. The number of aryl methyl sites for hydroxylation is 1. The summed E-state index contributed by atoms with van der Waals surface area (Å²) in [6.07, 6.45) is 5.84. The van der Waals surface area contributed by atoms with E-state index in [0.29, 0.717) is 0 Å². The largest absolute Gasteiger partial charge is 0.310 e. The molecule has 0 saturated carbocycles. The molecule has 0 heterocycles. The molecular formula is C19H31NSi. The smallest absolute Gasteiger partial charge is 0.0775 e. The molecule has 1 atom stereocenters. The number of allylic oxidation sites excluding steroid dienone is 3. The number of hydrogen-bond acceptors (Lipinski definition) is 1. The first-order chi connectivity index (χ1) is 9.85. The van der Waals surface area contributed by atoms with Crippen molar-refractivity contribution in [2.45, 2.75) is 52.9 Å². The molecule has 0 radical (unpaired) electrons. The lowest BCUT2D eigenvalue weighted by molar-refractivity contribution is 0.704. The fraction of sp³-hybridized carbons (Fsp3) is 0.474. The Morgan fingerprint density at radius 1 is 1.24 bits per heavy atom. The van der Waals surface area contributed by atoms with Crippen LogP contribution >= 0.6 is 0 Å². The molecule has 116 valence electrons. The topological polar surface area (TPSA) is 12.0 Å². The molecule has 2 heteroatoms. The zero-order valence-electron chi connectivity index (χ0n) is 14.7. The highest BCUT2D eigenvalue weighted by Gasteiger charge is 2.22. The lowest BCUT2D eigenvalue weighted by Crippen LogP contribution is -2.26. The van der Waals surface area contributed by atoms with Crippen LogP contribution in [-0.2, 0) is 0 Å². The molecule has 1 nitrogen and oxygen atoms in total. The Kier molecular flexibility index (Phi) is 6.63. The van der Waals surface area contributed by atoms with E-state index in [2.05, 4.69) is 82.1 Å². The molecule has 0 aliphatic carbocycles. The molecule has 0 bridgehead atoms. The molecule has 1 rings (SSSR count). The van der Waals surface area contributed by atoms with Crippen molar-refractivity contribution in [3.8, 4) is 0 Å². The molecule has 1 unspecified atom stereocenters. The van der Waals surface area contributed by atoms with Crippen molar-refractivity contribution < 1.29 is 0 Å². The lowest BCUT2D eigenvalue weighted by atomic mass is 9.98. The maximum atomic E-state index is 3.47. The maximum Gasteiger partial charge on any atom is 0.0775 e. The summed E-state index contributed by atoms with van der Waals surface area (Å²) in [6.45, 7) is 13.9. The number of likely N-dealkylation sites (N-methyl/N-ethyl adjacent to an activating group) is 1. The van der Waals surface area contributed by atoms with Crippen LogP contribution in [0.1, 0.15) is 37.4 Å². The Hall–Kier alpha value is -1.12. The van der Waals surface area contributed by atoms with Crippen molar-refractivity contribution in [3.63, 3.8) is 0 Å². The van der Waals surface area contributed by atoms with Gasteiger partial charge in [0.15, 0.2) is 0 Å². The van der Waals surface area contributed by atoms with Crippen molar-refractivity contribution in [2.24, 2.45) is 0 Å². The number of rotatable bonds is 6. The molecule has 0 saturated heterocycles. The second-order valence-corrected chi connectivity index (χ2v) is 11.7. The average molecular weight is 302 g/mol. The van der Waals surface area contributed by atoms with Crippen LogP contribution in [0.3, 0.4) is 0 Å². The molecule has 0 aliphatic rings. The van der Waals surface area contributed by atoms with Crippen molar-refractivity contribution in [3.05, 3.63) is 58.3 Å². The third-order valence-corrected chi connectivity index (χ3v) is 6.25. The van der Waals surface area contributed by atoms with Crippen molar-refractivity contribution >= 4 is 8.07 Å². The molecule has 0 spiro atoms. The van der Waals surface area contributed by atoms with Gasteiger partial charge in [0.25, 0.3) is 0 Å². The molecule has 1 N–H and O–H groups in total. The van der Waals surface area contributed by atoms with Gasteiger partial charge >= 0.3 is 0 Å². The van der Waals surface area contributed by atoms with Crippen LogP contribution in [0.4, 0.5) is 0 Å². The standard InChI is InChI=1S/C19H31NSi/c1-8-16(19(9-2)21(5,6)7)14-18(20-4)17-13-11-10-12-15(17)3/h9-14,18,20H,8H2,1-7H3/b16-14-,19-9+. The first-order valence-electron chi connectivity index (χ1n) is 7.95.